The monoisotopic (exact) mass is 578 g/mol. The first kappa shape index (κ1) is 26.1. The zero-order valence-corrected chi connectivity index (χ0v) is 25.2. The number of nitrogens with zero attached hydrogens (tertiary/aromatic N) is 2. The Morgan fingerprint density at radius 2 is 1.00 bits per heavy atom. The molecule has 0 unspecified atom stereocenters. The number of para-hydroxylation sites is 3. The highest BCUT2D eigenvalue weighted by atomic mass is 28.3. The molecular formula is C41H30N2Si. The number of hydrogen-bond donors (Lipinski definition) is 0. The number of rotatable bonds is 6. The van der Waals surface area contributed by atoms with Gasteiger partial charge in [0.15, 0.2) is 8.07 Å². The lowest BCUT2D eigenvalue weighted by Crippen LogP contribution is -2.75. The normalized spacial score (nSPS) is 11.6. The van der Waals surface area contributed by atoms with Gasteiger partial charge in [0, 0.05) is 28.2 Å². The number of aromatic nitrogens is 2. The molecular weight excluding hydrogens is 549 g/mol. The lowest BCUT2D eigenvalue weighted by molar-refractivity contribution is 1.18. The molecule has 0 aliphatic carbocycles. The van der Waals surface area contributed by atoms with Crippen LogP contribution in [0.2, 0.25) is 0 Å². The van der Waals surface area contributed by atoms with Gasteiger partial charge in [-0.25, -0.2) is 0 Å². The Labute approximate surface area is 258 Å². The highest BCUT2D eigenvalue weighted by Gasteiger charge is 2.43. The van der Waals surface area contributed by atoms with Crippen LogP contribution in [0.4, 0.5) is 0 Å². The zero-order chi connectivity index (χ0) is 29.3. The van der Waals surface area contributed by atoms with Crippen molar-refractivity contribution >= 4 is 50.6 Å². The fourth-order valence-corrected chi connectivity index (χ4v) is 11.8. The molecule has 0 saturated heterocycles. The van der Waals surface area contributed by atoms with Gasteiger partial charge >= 0.3 is 0 Å². The second-order valence-corrected chi connectivity index (χ2v) is 14.9. The van der Waals surface area contributed by atoms with Crippen LogP contribution >= 0.6 is 0 Å². The van der Waals surface area contributed by atoms with Crippen LogP contribution in [0.15, 0.2) is 182 Å². The van der Waals surface area contributed by atoms with Crippen molar-refractivity contribution in [2.24, 2.45) is 0 Å². The van der Waals surface area contributed by atoms with Crippen molar-refractivity contribution in [1.82, 2.24) is 9.55 Å². The van der Waals surface area contributed by atoms with Gasteiger partial charge in [0.25, 0.3) is 0 Å². The van der Waals surface area contributed by atoms with Gasteiger partial charge in [-0.2, -0.15) is 0 Å². The molecule has 8 rings (SSSR count). The van der Waals surface area contributed by atoms with Gasteiger partial charge < -0.3 is 4.57 Å². The summed E-state index contributed by atoms with van der Waals surface area (Å²) in [6, 6.07) is 63.7. The Balaban J connectivity index is 1.53. The molecule has 0 N–H and O–H groups in total. The molecule has 0 radical (unpaired) electrons. The molecule has 2 aromatic heterocycles. The smallest absolute Gasteiger partial charge is 0.183 e. The molecule has 2 nitrogen and oxygen atoms in total. The topological polar surface area (TPSA) is 17.8 Å². The first-order valence-electron chi connectivity index (χ1n) is 15.1. The summed E-state index contributed by atoms with van der Waals surface area (Å²) in [6.45, 7) is 0. The van der Waals surface area contributed by atoms with Crippen LogP contribution < -0.4 is 20.7 Å². The first-order valence-corrected chi connectivity index (χ1v) is 17.1. The SMILES string of the molecule is c1ccc(-c2ccc([Si](c3ccccc3)(c3ccccc3)c3cccc4c5ccccc5n(-c5ccccc5)c34)cn2)cc1. The van der Waals surface area contributed by atoms with Crippen molar-refractivity contribution in [3.63, 3.8) is 0 Å². The summed E-state index contributed by atoms with van der Waals surface area (Å²) >= 11 is 0. The van der Waals surface area contributed by atoms with Gasteiger partial charge in [0.1, 0.15) is 0 Å². The van der Waals surface area contributed by atoms with E-state index in [2.05, 4.69) is 181 Å². The number of hydrogen-bond acceptors (Lipinski definition) is 1. The Bertz CT molecular complexity index is 2150. The Kier molecular flexibility index (Phi) is 6.51. The van der Waals surface area contributed by atoms with Crippen molar-refractivity contribution in [3.05, 3.63) is 182 Å². The van der Waals surface area contributed by atoms with E-state index in [4.69, 9.17) is 4.98 Å². The summed E-state index contributed by atoms with van der Waals surface area (Å²) < 4.78 is 2.47. The maximum atomic E-state index is 5.12. The van der Waals surface area contributed by atoms with E-state index in [0.29, 0.717) is 0 Å². The average Bonchev–Trinajstić information content (AvgIpc) is 3.46. The van der Waals surface area contributed by atoms with Gasteiger partial charge in [0.05, 0.1) is 16.7 Å². The number of pyridine rings is 1. The molecule has 0 saturated carbocycles. The summed E-state index contributed by atoms with van der Waals surface area (Å²) in [6.07, 6.45) is 2.14. The summed E-state index contributed by atoms with van der Waals surface area (Å²) in [5, 5.41) is 7.79. The van der Waals surface area contributed by atoms with E-state index in [1.54, 1.807) is 0 Å². The van der Waals surface area contributed by atoms with E-state index >= 15 is 0 Å². The fourth-order valence-electron chi connectivity index (χ4n) is 6.90. The summed E-state index contributed by atoms with van der Waals surface area (Å²) in [5.41, 5.74) is 5.73. The molecule has 0 fully saturated rings. The third kappa shape index (κ3) is 4.13. The van der Waals surface area contributed by atoms with E-state index in [1.165, 1.54) is 42.6 Å². The maximum Gasteiger partial charge on any atom is 0.183 e. The maximum absolute atomic E-state index is 5.12. The largest absolute Gasteiger partial charge is 0.309 e. The minimum Gasteiger partial charge on any atom is -0.309 e. The minimum absolute atomic E-state index is 0.981. The second-order valence-electron chi connectivity index (χ2n) is 11.2. The first-order chi connectivity index (χ1) is 21.9. The molecule has 0 spiro atoms. The van der Waals surface area contributed by atoms with Crippen LogP contribution in [0.3, 0.4) is 0 Å². The molecule has 0 bridgehead atoms. The van der Waals surface area contributed by atoms with Crippen molar-refractivity contribution < 1.29 is 0 Å². The lowest BCUT2D eigenvalue weighted by Gasteiger charge is -2.35. The molecule has 2 heterocycles. The van der Waals surface area contributed by atoms with E-state index in [0.717, 1.165) is 16.9 Å². The van der Waals surface area contributed by atoms with Crippen molar-refractivity contribution in [3.8, 4) is 16.9 Å². The lowest BCUT2D eigenvalue weighted by atomic mass is 10.1. The Hall–Kier alpha value is -5.51. The summed E-state index contributed by atoms with van der Waals surface area (Å²) in [7, 11) is -2.90. The Morgan fingerprint density at radius 1 is 0.432 bits per heavy atom. The van der Waals surface area contributed by atoms with Crippen LogP contribution in [-0.4, -0.2) is 17.6 Å². The molecule has 8 aromatic rings. The molecule has 44 heavy (non-hydrogen) atoms. The van der Waals surface area contributed by atoms with Crippen molar-refractivity contribution in [1.29, 1.82) is 0 Å². The molecule has 6 aromatic carbocycles. The van der Waals surface area contributed by atoms with Crippen LogP contribution in [-0.2, 0) is 0 Å². The molecule has 3 heteroatoms. The summed E-state index contributed by atoms with van der Waals surface area (Å²) in [4.78, 5) is 5.12. The fraction of sp³-hybridized carbons (Fsp3) is 0. The van der Waals surface area contributed by atoms with Crippen LogP contribution in [0.5, 0.6) is 0 Å². The van der Waals surface area contributed by atoms with Gasteiger partial charge in [0.2, 0.25) is 0 Å². The van der Waals surface area contributed by atoms with E-state index in [-0.39, 0.29) is 0 Å². The highest BCUT2D eigenvalue weighted by molar-refractivity contribution is 7.20. The molecule has 208 valence electrons. The van der Waals surface area contributed by atoms with Gasteiger partial charge in [-0.1, -0.05) is 152 Å². The highest BCUT2D eigenvalue weighted by Crippen LogP contribution is 2.32. The quantitative estimate of drug-likeness (QED) is 0.150. The van der Waals surface area contributed by atoms with Crippen molar-refractivity contribution in [2.45, 2.75) is 0 Å². The van der Waals surface area contributed by atoms with E-state index in [9.17, 15) is 0 Å². The second kappa shape index (κ2) is 11.0. The predicted molar refractivity (Wildman–Crippen MR) is 188 cm³/mol. The van der Waals surface area contributed by atoms with Crippen LogP contribution in [0.1, 0.15) is 0 Å². The number of fused-ring (bicyclic) bond motifs is 3. The third-order valence-electron chi connectivity index (χ3n) is 8.79. The standard InChI is InChI=1S/C41H30N2Si/c1-5-16-31(17-6-1)38-29-28-35(30-42-38)44(33-20-9-3-10-21-33,34-22-11-4-12-23-34)40-27-15-25-37-36-24-13-14-26-39(36)43(41(37)40)32-18-7-2-8-19-32/h1-30H. The van der Waals surface area contributed by atoms with Gasteiger partial charge in [-0.15, -0.1) is 0 Å². The molecule has 0 amide bonds. The zero-order valence-electron chi connectivity index (χ0n) is 24.2. The van der Waals surface area contributed by atoms with Gasteiger partial charge in [-0.05, 0) is 45.0 Å². The van der Waals surface area contributed by atoms with Crippen LogP contribution in [0, 0.1) is 0 Å². The summed E-state index contributed by atoms with van der Waals surface area (Å²) in [5.74, 6) is 0. The minimum atomic E-state index is -2.90. The molecule has 0 aliphatic heterocycles. The van der Waals surface area contributed by atoms with Gasteiger partial charge in [-0.3, -0.25) is 4.98 Å². The number of benzene rings is 6. The third-order valence-corrected chi connectivity index (χ3v) is 13.6. The Morgan fingerprint density at radius 3 is 1.64 bits per heavy atom. The average molecular weight is 579 g/mol. The van der Waals surface area contributed by atoms with E-state index < -0.39 is 8.07 Å². The molecule has 0 aliphatic rings. The van der Waals surface area contributed by atoms with Crippen LogP contribution in [0.25, 0.3) is 38.8 Å². The van der Waals surface area contributed by atoms with E-state index in [1.807, 2.05) is 6.07 Å². The van der Waals surface area contributed by atoms with Crippen molar-refractivity contribution in [2.75, 3.05) is 0 Å². The molecule has 0 atom stereocenters. The predicted octanol–water partition coefficient (Wildman–Crippen LogP) is 7.22.